The molecule has 1 atom stereocenters. The Bertz CT molecular complexity index is 1080. The number of aryl methyl sites for hydroxylation is 1. The van der Waals surface area contributed by atoms with E-state index < -0.39 is 0 Å². The fraction of sp³-hybridized carbons (Fsp3) is 0.385. The number of likely N-dealkylation sites (tertiary alicyclic amines) is 1. The molecule has 0 aliphatic carbocycles. The fourth-order valence-corrected chi connectivity index (χ4v) is 6.39. The lowest BCUT2D eigenvalue weighted by atomic mass is 9.93. The van der Waals surface area contributed by atoms with Crippen molar-refractivity contribution in [3.63, 3.8) is 0 Å². The number of rotatable bonds is 7. The van der Waals surface area contributed by atoms with Crippen molar-refractivity contribution in [3.8, 4) is 0 Å². The number of nitrogens with zero attached hydrogens (tertiary/aromatic N) is 1. The molecule has 0 unspecified atom stereocenters. The van der Waals surface area contributed by atoms with Crippen molar-refractivity contribution in [2.24, 2.45) is 5.92 Å². The Hall–Kier alpha value is -2.48. The molecule has 1 aromatic carbocycles. The van der Waals surface area contributed by atoms with Crippen LogP contribution < -0.4 is 5.32 Å². The number of hydrogen-bond acceptors (Lipinski definition) is 6. The van der Waals surface area contributed by atoms with Crippen LogP contribution >= 0.6 is 22.7 Å². The number of anilines is 1. The van der Waals surface area contributed by atoms with Crippen LogP contribution in [0.3, 0.4) is 0 Å². The number of esters is 1. The normalized spacial score (nSPS) is 15.8. The van der Waals surface area contributed by atoms with Gasteiger partial charge in [-0.25, -0.2) is 0 Å². The number of carbonyl (C=O) groups is 2. The largest absolute Gasteiger partial charge is 0.466 e. The molecule has 0 bridgehead atoms. The summed E-state index contributed by atoms with van der Waals surface area (Å²) >= 11 is 3.37. The van der Waals surface area contributed by atoms with E-state index in [1.807, 2.05) is 37.3 Å². The Morgan fingerprint density at radius 3 is 2.48 bits per heavy atom. The van der Waals surface area contributed by atoms with Crippen LogP contribution in [0.15, 0.2) is 47.8 Å². The highest BCUT2D eigenvalue weighted by atomic mass is 32.1. The van der Waals surface area contributed by atoms with Crippen molar-refractivity contribution in [2.45, 2.75) is 39.7 Å². The molecule has 1 N–H and O–H groups in total. The molecule has 33 heavy (non-hydrogen) atoms. The molecule has 1 aliphatic heterocycles. The Balaban J connectivity index is 1.64. The summed E-state index contributed by atoms with van der Waals surface area (Å²) in [6.45, 7) is 8.16. The molecule has 1 saturated heterocycles. The number of benzene rings is 1. The quantitative estimate of drug-likeness (QED) is 0.417. The van der Waals surface area contributed by atoms with Gasteiger partial charge in [0.2, 0.25) is 0 Å². The maximum absolute atomic E-state index is 13.0. The van der Waals surface area contributed by atoms with E-state index in [4.69, 9.17) is 4.74 Å². The molecule has 4 rings (SSSR count). The van der Waals surface area contributed by atoms with Gasteiger partial charge in [-0.05, 0) is 75.8 Å². The van der Waals surface area contributed by atoms with Crippen molar-refractivity contribution in [3.05, 3.63) is 74.3 Å². The molecule has 1 aliphatic rings. The summed E-state index contributed by atoms with van der Waals surface area (Å²) in [5.74, 6) is -0.208. The van der Waals surface area contributed by atoms with E-state index in [1.165, 1.54) is 20.9 Å². The topological polar surface area (TPSA) is 58.6 Å². The van der Waals surface area contributed by atoms with Crippen LogP contribution in [0.1, 0.15) is 57.0 Å². The van der Waals surface area contributed by atoms with Gasteiger partial charge in [0, 0.05) is 20.9 Å². The molecule has 0 spiro atoms. The average Bonchev–Trinajstić information content (AvgIpc) is 3.45. The monoisotopic (exact) mass is 482 g/mol. The van der Waals surface area contributed by atoms with Gasteiger partial charge >= 0.3 is 5.97 Å². The van der Waals surface area contributed by atoms with Crippen molar-refractivity contribution in [1.29, 1.82) is 0 Å². The molecule has 7 heteroatoms. The number of thiophene rings is 2. The first-order valence-electron chi connectivity index (χ1n) is 11.4. The molecule has 1 amide bonds. The van der Waals surface area contributed by atoms with Crippen molar-refractivity contribution >= 4 is 39.6 Å². The van der Waals surface area contributed by atoms with Gasteiger partial charge in [-0.2, -0.15) is 0 Å². The Morgan fingerprint density at radius 2 is 1.85 bits per heavy atom. The van der Waals surface area contributed by atoms with Crippen LogP contribution in [0.5, 0.6) is 0 Å². The molecule has 3 aromatic rings. The summed E-state index contributed by atoms with van der Waals surface area (Å²) in [5.41, 5.74) is 3.03. The van der Waals surface area contributed by atoms with Gasteiger partial charge in [-0.1, -0.05) is 24.3 Å². The van der Waals surface area contributed by atoms with Gasteiger partial charge in [0.25, 0.3) is 5.91 Å². The lowest BCUT2D eigenvalue weighted by Crippen LogP contribution is -2.39. The molecule has 0 saturated carbocycles. The molecule has 3 heterocycles. The standard InChI is InChI=1S/C26H30N2O3S2/c1-4-31-26(30)20-12-14-28(15-13-20)23(21-11-8-16-32-21)22-17(2)18(3)33-25(22)27-24(29)19-9-6-5-7-10-19/h5-11,16,20,23H,4,12-15H2,1-3H3,(H,27,29)/t23-/m0/s1. The summed E-state index contributed by atoms with van der Waals surface area (Å²) in [6, 6.07) is 13.6. The van der Waals surface area contributed by atoms with Crippen LogP contribution in [0.4, 0.5) is 5.00 Å². The van der Waals surface area contributed by atoms with Crippen LogP contribution in [0.2, 0.25) is 0 Å². The Kier molecular flexibility index (Phi) is 7.63. The predicted octanol–water partition coefficient (Wildman–Crippen LogP) is 6.04. The second kappa shape index (κ2) is 10.6. The summed E-state index contributed by atoms with van der Waals surface area (Å²) < 4.78 is 5.26. The molecule has 174 valence electrons. The molecule has 1 fully saturated rings. The van der Waals surface area contributed by atoms with Crippen LogP contribution in [0.25, 0.3) is 0 Å². The maximum atomic E-state index is 13.0. The first kappa shape index (κ1) is 23.7. The third-order valence-corrected chi connectivity index (χ3v) is 8.36. The van der Waals surface area contributed by atoms with Gasteiger partial charge in [-0.15, -0.1) is 22.7 Å². The summed E-state index contributed by atoms with van der Waals surface area (Å²) in [6.07, 6.45) is 1.57. The lowest BCUT2D eigenvalue weighted by Gasteiger charge is -2.37. The molecular formula is C26H30N2O3S2. The number of amides is 1. The molecule has 2 aromatic heterocycles. The Morgan fingerprint density at radius 1 is 1.12 bits per heavy atom. The first-order valence-corrected chi connectivity index (χ1v) is 13.1. The smallest absolute Gasteiger partial charge is 0.309 e. The van der Waals surface area contributed by atoms with E-state index in [2.05, 4.69) is 41.6 Å². The van der Waals surface area contributed by atoms with Gasteiger partial charge in [-0.3, -0.25) is 14.5 Å². The maximum Gasteiger partial charge on any atom is 0.309 e. The Labute approximate surface area is 203 Å². The molecular weight excluding hydrogens is 452 g/mol. The summed E-state index contributed by atoms with van der Waals surface area (Å²) in [7, 11) is 0. The highest BCUT2D eigenvalue weighted by molar-refractivity contribution is 7.16. The second-order valence-electron chi connectivity index (χ2n) is 8.33. The van der Waals surface area contributed by atoms with E-state index >= 15 is 0 Å². The van der Waals surface area contributed by atoms with Crippen LogP contribution in [-0.4, -0.2) is 36.5 Å². The van der Waals surface area contributed by atoms with Crippen molar-refractivity contribution in [1.82, 2.24) is 4.90 Å². The number of ether oxygens (including phenoxy) is 1. The van der Waals surface area contributed by atoms with E-state index in [0.717, 1.165) is 30.9 Å². The van der Waals surface area contributed by atoms with Gasteiger partial charge < -0.3 is 10.1 Å². The SMILES string of the molecule is CCOC(=O)C1CCN([C@@H](c2cccs2)c2c(NC(=O)c3ccccc3)sc(C)c2C)CC1. The first-order chi connectivity index (χ1) is 16.0. The van der Waals surface area contributed by atoms with E-state index in [-0.39, 0.29) is 23.8 Å². The summed E-state index contributed by atoms with van der Waals surface area (Å²) in [5, 5.41) is 6.21. The third kappa shape index (κ3) is 5.21. The zero-order valence-corrected chi connectivity index (χ0v) is 20.9. The molecule has 0 radical (unpaired) electrons. The number of hydrogen-bond donors (Lipinski definition) is 1. The van der Waals surface area contributed by atoms with E-state index in [9.17, 15) is 9.59 Å². The van der Waals surface area contributed by atoms with Crippen LogP contribution in [-0.2, 0) is 9.53 Å². The van der Waals surface area contributed by atoms with Gasteiger partial charge in [0.05, 0.1) is 18.6 Å². The predicted molar refractivity (Wildman–Crippen MR) is 135 cm³/mol. The zero-order chi connectivity index (χ0) is 23.4. The number of piperidine rings is 1. The summed E-state index contributed by atoms with van der Waals surface area (Å²) in [4.78, 5) is 30.1. The van der Waals surface area contributed by atoms with Crippen LogP contribution in [0, 0.1) is 19.8 Å². The number of nitrogens with one attached hydrogen (secondary N) is 1. The minimum atomic E-state index is -0.0935. The van der Waals surface area contributed by atoms with Gasteiger partial charge in [0.15, 0.2) is 0 Å². The second-order valence-corrected chi connectivity index (χ2v) is 10.5. The van der Waals surface area contributed by atoms with Gasteiger partial charge in [0.1, 0.15) is 5.00 Å². The van der Waals surface area contributed by atoms with E-state index in [0.29, 0.717) is 12.2 Å². The highest BCUT2D eigenvalue weighted by Crippen LogP contribution is 2.44. The zero-order valence-electron chi connectivity index (χ0n) is 19.3. The van der Waals surface area contributed by atoms with Crippen molar-refractivity contribution in [2.75, 3.05) is 25.0 Å². The average molecular weight is 483 g/mol. The fourth-order valence-electron chi connectivity index (χ4n) is 4.44. The lowest BCUT2D eigenvalue weighted by molar-refractivity contribution is -0.149. The minimum absolute atomic E-state index is 0.0345. The van der Waals surface area contributed by atoms with Crippen molar-refractivity contribution < 1.29 is 14.3 Å². The minimum Gasteiger partial charge on any atom is -0.466 e. The third-order valence-electron chi connectivity index (χ3n) is 6.30. The highest BCUT2D eigenvalue weighted by Gasteiger charge is 2.34. The number of carbonyl (C=O) groups excluding carboxylic acids is 2. The van der Waals surface area contributed by atoms with E-state index in [1.54, 1.807) is 22.7 Å². The molecule has 5 nitrogen and oxygen atoms in total.